The van der Waals surface area contributed by atoms with Crippen LogP contribution in [0, 0.1) is 5.92 Å². The van der Waals surface area contributed by atoms with Crippen molar-refractivity contribution in [1.82, 2.24) is 0 Å². The highest BCUT2D eigenvalue weighted by atomic mass is 16.5. The minimum Gasteiger partial charge on any atom is -0.497 e. The van der Waals surface area contributed by atoms with Crippen LogP contribution < -0.4 is 15.7 Å². The number of benzene rings is 2. The van der Waals surface area contributed by atoms with Crippen molar-refractivity contribution in [2.75, 3.05) is 26.1 Å². The van der Waals surface area contributed by atoms with Crippen molar-refractivity contribution in [3.05, 3.63) is 69.6 Å². The standard InChI is InChI=1S/C23H21NO6/c1-27-14-7-8-17-16(11-14)18-20(23(26)30-17)24-19(15-9-10-29-21(15)18)12-3-5-13(6-4-12)22(25)28-2/h3-8,11,15,19,21,24H,9-10H2,1-2H3/t15-,19-,21-/m0/s1. The molecule has 2 aliphatic heterocycles. The number of anilines is 1. The number of hydrogen-bond donors (Lipinski definition) is 1. The number of rotatable bonds is 3. The predicted molar refractivity (Wildman–Crippen MR) is 110 cm³/mol. The Balaban J connectivity index is 1.62. The number of fused-ring (bicyclic) bond motifs is 5. The summed E-state index contributed by atoms with van der Waals surface area (Å²) < 4.78 is 21.8. The van der Waals surface area contributed by atoms with Crippen LogP contribution in [0.4, 0.5) is 5.69 Å². The van der Waals surface area contributed by atoms with Crippen molar-refractivity contribution in [2.24, 2.45) is 5.92 Å². The summed E-state index contributed by atoms with van der Waals surface area (Å²) in [6, 6.07) is 12.5. The molecule has 0 aliphatic carbocycles. The number of hydrogen-bond acceptors (Lipinski definition) is 7. The lowest BCUT2D eigenvalue weighted by Gasteiger charge is -2.36. The van der Waals surface area contributed by atoms with Gasteiger partial charge in [-0.2, -0.15) is 0 Å². The first-order valence-corrected chi connectivity index (χ1v) is 9.82. The second-order valence-electron chi connectivity index (χ2n) is 7.52. The summed E-state index contributed by atoms with van der Waals surface area (Å²) in [5, 5.41) is 4.21. The van der Waals surface area contributed by atoms with Crippen molar-refractivity contribution >= 4 is 22.6 Å². The van der Waals surface area contributed by atoms with Gasteiger partial charge in [-0.1, -0.05) is 12.1 Å². The molecule has 5 rings (SSSR count). The molecule has 1 aromatic heterocycles. The number of carbonyl (C=O) groups excluding carboxylic acids is 1. The van der Waals surface area contributed by atoms with Crippen LogP contribution in [0.3, 0.4) is 0 Å². The SMILES string of the molecule is COC(=O)c1ccc([C@@H]2Nc3c(c4cc(OC)ccc4oc3=O)[C@H]3OCC[C@H]32)cc1. The fourth-order valence-corrected chi connectivity index (χ4v) is 4.55. The van der Waals surface area contributed by atoms with Crippen LogP contribution in [0.25, 0.3) is 11.0 Å². The quantitative estimate of drug-likeness (QED) is 0.521. The molecule has 3 atom stereocenters. The molecule has 154 valence electrons. The lowest BCUT2D eigenvalue weighted by atomic mass is 9.80. The van der Waals surface area contributed by atoms with Gasteiger partial charge < -0.3 is 23.9 Å². The minimum atomic E-state index is -0.423. The third kappa shape index (κ3) is 2.85. The molecular formula is C23H21NO6. The van der Waals surface area contributed by atoms with Crippen LogP contribution in [0.1, 0.15) is 40.1 Å². The summed E-state index contributed by atoms with van der Waals surface area (Å²) in [7, 11) is 2.96. The Hall–Kier alpha value is -3.32. The summed E-state index contributed by atoms with van der Waals surface area (Å²) in [5.41, 5.74) is 2.78. The van der Waals surface area contributed by atoms with E-state index in [-0.39, 0.29) is 24.0 Å². The first-order valence-electron chi connectivity index (χ1n) is 9.82. The van der Waals surface area contributed by atoms with E-state index in [1.807, 2.05) is 18.2 Å². The molecule has 0 amide bonds. The Morgan fingerprint density at radius 3 is 2.67 bits per heavy atom. The van der Waals surface area contributed by atoms with E-state index in [1.165, 1.54) is 7.11 Å². The number of methoxy groups -OCH3 is 2. The molecule has 0 spiro atoms. The molecular weight excluding hydrogens is 386 g/mol. The molecule has 3 aromatic rings. The van der Waals surface area contributed by atoms with Gasteiger partial charge in [0, 0.05) is 23.5 Å². The van der Waals surface area contributed by atoms with Crippen molar-refractivity contribution in [2.45, 2.75) is 18.6 Å². The van der Waals surface area contributed by atoms with Crippen molar-refractivity contribution in [3.63, 3.8) is 0 Å². The van der Waals surface area contributed by atoms with Crippen LogP contribution >= 0.6 is 0 Å². The molecule has 0 bridgehead atoms. The van der Waals surface area contributed by atoms with Crippen LogP contribution in [0.2, 0.25) is 0 Å². The van der Waals surface area contributed by atoms with E-state index in [2.05, 4.69) is 5.32 Å². The highest BCUT2D eigenvalue weighted by Crippen LogP contribution is 2.51. The van der Waals surface area contributed by atoms with Gasteiger partial charge in [0.2, 0.25) is 0 Å². The van der Waals surface area contributed by atoms with E-state index in [1.54, 1.807) is 31.4 Å². The van der Waals surface area contributed by atoms with Gasteiger partial charge in [-0.25, -0.2) is 9.59 Å². The highest BCUT2D eigenvalue weighted by molar-refractivity contribution is 5.89. The van der Waals surface area contributed by atoms with Gasteiger partial charge in [-0.15, -0.1) is 0 Å². The third-order valence-electron chi connectivity index (χ3n) is 5.99. The van der Waals surface area contributed by atoms with E-state index in [0.717, 1.165) is 22.9 Å². The van der Waals surface area contributed by atoms with Gasteiger partial charge in [0.05, 0.1) is 31.9 Å². The van der Waals surface area contributed by atoms with E-state index in [0.29, 0.717) is 29.2 Å². The first kappa shape index (κ1) is 18.7. The van der Waals surface area contributed by atoms with Crippen LogP contribution in [-0.2, 0) is 9.47 Å². The lowest BCUT2D eigenvalue weighted by molar-refractivity contribution is 0.0600. The molecule has 3 heterocycles. The van der Waals surface area contributed by atoms with Gasteiger partial charge >= 0.3 is 11.6 Å². The molecule has 2 aliphatic rings. The lowest BCUT2D eigenvalue weighted by Crippen LogP contribution is -2.32. The second-order valence-corrected chi connectivity index (χ2v) is 7.52. The first-order chi connectivity index (χ1) is 14.6. The molecule has 1 fully saturated rings. The van der Waals surface area contributed by atoms with Gasteiger partial charge in [0.15, 0.2) is 0 Å². The molecule has 1 N–H and O–H groups in total. The monoisotopic (exact) mass is 407 g/mol. The van der Waals surface area contributed by atoms with Crippen molar-refractivity contribution < 1.29 is 23.4 Å². The smallest absolute Gasteiger partial charge is 0.360 e. The molecule has 7 nitrogen and oxygen atoms in total. The summed E-state index contributed by atoms with van der Waals surface area (Å²) >= 11 is 0. The zero-order chi connectivity index (χ0) is 20.8. The Kier molecular flexibility index (Phi) is 4.47. The summed E-state index contributed by atoms with van der Waals surface area (Å²) in [6.45, 7) is 0.610. The number of ether oxygens (including phenoxy) is 3. The van der Waals surface area contributed by atoms with Crippen LogP contribution in [0.15, 0.2) is 51.7 Å². The van der Waals surface area contributed by atoms with Gasteiger partial charge in [0.1, 0.15) is 17.0 Å². The Labute approximate surface area is 172 Å². The van der Waals surface area contributed by atoms with Crippen LogP contribution in [-0.4, -0.2) is 26.8 Å². The molecule has 30 heavy (non-hydrogen) atoms. The molecule has 0 radical (unpaired) electrons. The maximum absolute atomic E-state index is 12.8. The van der Waals surface area contributed by atoms with E-state index < -0.39 is 5.63 Å². The number of nitrogens with one attached hydrogen (secondary N) is 1. The summed E-state index contributed by atoms with van der Waals surface area (Å²) in [4.78, 5) is 24.5. The number of carbonyl (C=O) groups is 1. The van der Waals surface area contributed by atoms with E-state index in [4.69, 9.17) is 18.6 Å². The van der Waals surface area contributed by atoms with Crippen molar-refractivity contribution in [3.8, 4) is 5.75 Å². The van der Waals surface area contributed by atoms with Crippen LogP contribution in [0.5, 0.6) is 5.75 Å². The zero-order valence-corrected chi connectivity index (χ0v) is 16.6. The predicted octanol–water partition coefficient (Wildman–Crippen LogP) is 3.83. The maximum atomic E-state index is 12.8. The summed E-state index contributed by atoms with van der Waals surface area (Å²) in [6.07, 6.45) is 0.622. The largest absolute Gasteiger partial charge is 0.497 e. The van der Waals surface area contributed by atoms with Gasteiger partial charge in [-0.05, 0) is 42.3 Å². The Morgan fingerprint density at radius 2 is 1.93 bits per heavy atom. The van der Waals surface area contributed by atoms with E-state index >= 15 is 0 Å². The average molecular weight is 407 g/mol. The molecule has 1 saturated heterocycles. The second kappa shape index (κ2) is 7.18. The molecule has 0 unspecified atom stereocenters. The fraction of sp³-hybridized carbons (Fsp3) is 0.304. The topological polar surface area (TPSA) is 87.0 Å². The molecule has 7 heteroatoms. The normalized spacial score (nSPS) is 22.1. The number of esters is 1. The van der Waals surface area contributed by atoms with Crippen molar-refractivity contribution in [1.29, 1.82) is 0 Å². The van der Waals surface area contributed by atoms with Gasteiger partial charge in [0.25, 0.3) is 0 Å². The Morgan fingerprint density at radius 1 is 1.13 bits per heavy atom. The van der Waals surface area contributed by atoms with Gasteiger partial charge in [-0.3, -0.25) is 0 Å². The van der Waals surface area contributed by atoms with E-state index in [9.17, 15) is 9.59 Å². The average Bonchev–Trinajstić information content (AvgIpc) is 3.28. The summed E-state index contributed by atoms with van der Waals surface area (Å²) in [5.74, 6) is 0.443. The highest BCUT2D eigenvalue weighted by Gasteiger charge is 2.44. The fourth-order valence-electron chi connectivity index (χ4n) is 4.55. The maximum Gasteiger partial charge on any atom is 0.360 e. The Bertz CT molecular complexity index is 1180. The zero-order valence-electron chi connectivity index (χ0n) is 16.6. The molecule has 2 aromatic carbocycles. The minimum absolute atomic E-state index is 0.136. The third-order valence-corrected chi connectivity index (χ3v) is 5.99. The molecule has 0 saturated carbocycles.